The third kappa shape index (κ3) is 2.90. The summed E-state index contributed by atoms with van der Waals surface area (Å²) in [5.41, 5.74) is 5.20. The summed E-state index contributed by atoms with van der Waals surface area (Å²) in [7, 11) is 0. The maximum absolute atomic E-state index is 11.8. The monoisotopic (exact) mass is 216 g/mol. The molecule has 88 valence electrons. The lowest BCUT2D eigenvalue weighted by molar-refractivity contribution is -0.130. The molecule has 1 atom stereocenters. The maximum Gasteiger partial charge on any atom is 0.227 e. The van der Waals surface area contributed by atoms with Crippen LogP contribution >= 0.6 is 0 Å². The van der Waals surface area contributed by atoms with Gasteiger partial charge in [0.25, 0.3) is 0 Å². The number of aliphatic hydroxyl groups excluding tert-OH is 2. The van der Waals surface area contributed by atoms with Gasteiger partial charge < -0.3 is 21.3 Å². The van der Waals surface area contributed by atoms with Crippen LogP contribution < -0.4 is 11.1 Å². The molecule has 15 heavy (non-hydrogen) atoms. The first-order valence-electron chi connectivity index (χ1n) is 5.42. The largest absolute Gasteiger partial charge is 0.394 e. The quantitative estimate of drug-likeness (QED) is 0.473. The van der Waals surface area contributed by atoms with Crippen molar-refractivity contribution in [1.82, 2.24) is 5.32 Å². The molecule has 5 heteroatoms. The molecule has 0 radical (unpaired) electrons. The molecule has 1 fully saturated rings. The number of hydrogen-bond donors (Lipinski definition) is 4. The van der Waals surface area contributed by atoms with Gasteiger partial charge in [0.1, 0.15) is 0 Å². The first-order valence-corrected chi connectivity index (χ1v) is 5.42. The van der Waals surface area contributed by atoms with E-state index in [4.69, 9.17) is 15.9 Å². The Hall–Kier alpha value is -0.650. The summed E-state index contributed by atoms with van der Waals surface area (Å²) in [6, 6.07) is 0. The first kappa shape index (κ1) is 12.4. The summed E-state index contributed by atoms with van der Waals surface area (Å²) >= 11 is 0. The molecule has 0 heterocycles. The van der Waals surface area contributed by atoms with Crippen LogP contribution in [-0.4, -0.2) is 41.9 Å². The lowest BCUT2D eigenvalue weighted by Crippen LogP contribution is -2.46. The van der Waals surface area contributed by atoms with E-state index in [0.717, 1.165) is 25.7 Å². The van der Waals surface area contributed by atoms with Gasteiger partial charge in [-0.1, -0.05) is 12.8 Å². The summed E-state index contributed by atoms with van der Waals surface area (Å²) in [5.74, 6) is -0.0880. The van der Waals surface area contributed by atoms with Crippen LogP contribution in [0.3, 0.4) is 0 Å². The van der Waals surface area contributed by atoms with Crippen molar-refractivity contribution in [2.75, 3.05) is 19.7 Å². The van der Waals surface area contributed by atoms with Gasteiger partial charge in [0.15, 0.2) is 0 Å². The Morgan fingerprint density at radius 3 is 2.53 bits per heavy atom. The van der Waals surface area contributed by atoms with Crippen molar-refractivity contribution < 1.29 is 15.0 Å². The molecule has 0 aliphatic heterocycles. The lowest BCUT2D eigenvalue weighted by Gasteiger charge is -2.26. The minimum atomic E-state index is -0.884. The predicted molar refractivity (Wildman–Crippen MR) is 56.1 cm³/mol. The number of hydrogen-bond acceptors (Lipinski definition) is 4. The topological polar surface area (TPSA) is 95.6 Å². The molecule has 1 unspecified atom stereocenters. The smallest absolute Gasteiger partial charge is 0.227 e. The fraction of sp³-hybridized carbons (Fsp3) is 0.900. The Morgan fingerprint density at radius 2 is 2.07 bits per heavy atom. The van der Waals surface area contributed by atoms with Crippen LogP contribution in [0.2, 0.25) is 0 Å². The van der Waals surface area contributed by atoms with E-state index in [1.54, 1.807) is 0 Å². The number of carbonyl (C=O) groups is 1. The van der Waals surface area contributed by atoms with Crippen molar-refractivity contribution in [3.63, 3.8) is 0 Å². The second kappa shape index (κ2) is 5.44. The van der Waals surface area contributed by atoms with Crippen LogP contribution in [0, 0.1) is 5.41 Å². The van der Waals surface area contributed by atoms with Crippen LogP contribution in [0.1, 0.15) is 25.7 Å². The molecule has 5 nitrogen and oxygen atoms in total. The van der Waals surface area contributed by atoms with Crippen molar-refractivity contribution in [2.45, 2.75) is 31.8 Å². The summed E-state index contributed by atoms with van der Waals surface area (Å²) in [4.78, 5) is 11.8. The Bertz CT molecular complexity index is 215. The molecule has 0 spiro atoms. The molecule has 0 saturated heterocycles. The molecular weight excluding hydrogens is 196 g/mol. The molecular formula is C10H20N2O3. The molecule has 1 aliphatic carbocycles. The Labute approximate surface area is 89.7 Å². The standard InChI is InChI=1S/C10H20N2O3/c11-7-10(3-1-2-4-10)9(15)12-5-8(14)6-13/h8,13-14H,1-7,11H2,(H,12,15). The SMILES string of the molecule is NCC1(C(=O)NCC(O)CO)CCCC1. The summed E-state index contributed by atoms with van der Waals surface area (Å²) in [6.07, 6.45) is 2.83. The minimum absolute atomic E-state index is 0.0880. The third-order valence-corrected chi connectivity index (χ3v) is 3.14. The Morgan fingerprint density at radius 1 is 1.47 bits per heavy atom. The van der Waals surface area contributed by atoms with Crippen molar-refractivity contribution in [2.24, 2.45) is 11.1 Å². The van der Waals surface area contributed by atoms with Crippen molar-refractivity contribution >= 4 is 5.91 Å². The summed E-state index contributed by atoms with van der Waals surface area (Å²) in [6.45, 7) is 0.112. The fourth-order valence-electron chi connectivity index (χ4n) is 2.04. The van der Waals surface area contributed by atoms with E-state index in [9.17, 15) is 4.79 Å². The van der Waals surface area contributed by atoms with Crippen molar-refractivity contribution in [1.29, 1.82) is 0 Å². The third-order valence-electron chi connectivity index (χ3n) is 3.14. The zero-order chi connectivity index (χ0) is 11.3. The van der Waals surface area contributed by atoms with E-state index in [-0.39, 0.29) is 19.1 Å². The number of amides is 1. The molecule has 1 saturated carbocycles. The molecule has 0 aromatic rings. The second-order valence-electron chi connectivity index (χ2n) is 4.24. The van der Waals surface area contributed by atoms with Gasteiger partial charge in [-0.3, -0.25) is 4.79 Å². The van der Waals surface area contributed by atoms with E-state index >= 15 is 0 Å². The van der Waals surface area contributed by atoms with Crippen molar-refractivity contribution in [3.05, 3.63) is 0 Å². The Kier molecular flexibility index (Phi) is 4.50. The molecule has 0 bridgehead atoms. The van der Waals surface area contributed by atoms with Gasteiger partial charge in [0.05, 0.1) is 18.1 Å². The summed E-state index contributed by atoms with van der Waals surface area (Å²) in [5, 5.41) is 20.4. The van der Waals surface area contributed by atoms with Crippen LogP contribution in [0.5, 0.6) is 0 Å². The molecule has 0 aromatic heterocycles. The molecule has 1 aliphatic rings. The highest BCUT2D eigenvalue weighted by molar-refractivity contribution is 5.83. The molecule has 1 amide bonds. The van der Waals surface area contributed by atoms with Crippen LogP contribution in [0.4, 0.5) is 0 Å². The average molecular weight is 216 g/mol. The molecule has 1 rings (SSSR count). The van der Waals surface area contributed by atoms with Gasteiger partial charge in [0, 0.05) is 13.1 Å². The first-order chi connectivity index (χ1) is 7.14. The number of aliphatic hydroxyl groups is 2. The van der Waals surface area contributed by atoms with Gasteiger partial charge in [0.2, 0.25) is 5.91 Å². The maximum atomic E-state index is 11.8. The van der Waals surface area contributed by atoms with Gasteiger partial charge >= 0.3 is 0 Å². The van der Waals surface area contributed by atoms with Crippen LogP contribution in [0.25, 0.3) is 0 Å². The molecule has 5 N–H and O–H groups in total. The number of nitrogens with one attached hydrogen (secondary N) is 1. The van der Waals surface area contributed by atoms with E-state index in [2.05, 4.69) is 5.32 Å². The average Bonchev–Trinajstić information content (AvgIpc) is 2.75. The van der Waals surface area contributed by atoms with Gasteiger partial charge in [-0.25, -0.2) is 0 Å². The van der Waals surface area contributed by atoms with Gasteiger partial charge in [-0.15, -0.1) is 0 Å². The number of rotatable bonds is 5. The lowest BCUT2D eigenvalue weighted by atomic mass is 9.85. The zero-order valence-corrected chi connectivity index (χ0v) is 8.91. The highest BCUT2D eigenvalue weighted by atomic mass is 16.3. The molecule has 0 aromatic carbocycles. The van der Waals surface area contributed by atoms with Crippen molar-refractivity contribution in [3.8, 4) is 0 Å². The van der Waals surface area contributed by atoms with Crippen LogP contribution in [0.15, 0.2) is 0 Å². The van der Waals surface area contributed by atoms with E-state index in [0.29, 0.717) is 6.54 Å². The second-order valence-corrected chi connectivity index (χ2v) is 4.24. The van der Waals surface area contributed by atoms with E-state index in [1.165, 1.54) is 0 Å². The minimum Gasteiger partial charge on any atom is -0.394 e. The predicted octanol–water partition coefficient (Wildman–Crippen LogP) is -1.03. The summed E-state index contributed by atoms with van der Waals surface area (Å²) < 4.78 is 0. The fourth-order valence-corrected chi connectivity index (χ4v) is 2.04. The van der Waals surface area contributed by atoms with E-state index in [1.807, 2.05) is 0 Å². The zero-order valence-electron chi connectivity index (χ0n) is 8.91. The number of nitrogens with two attached hydrogens (primary N) is 1. The van der Waals surface area contributed by atoms with Gasteiger partial charge in [-0.05, 0) is 12.8 Å². The van der Waals surface area contributed by atoms with Crippen LogP contribution in [-0.2, 0) is 4.79 Å². The van der Waals surface area contributed by atoms with Gasteiger partial charge in [-0.2, -0.15) is 0 Å². The highest BCUT2D eigenvalue weighted by Gasteiger charge is 2.39. The van der Waals surface area contributed by atoms with E-state index < -0.39 is 11.5 Å². The number of carbonyl (C=O) groups excluding carboxylic acids is 1. The Balaban J connectivity index is 2.44. The normalized spacial score (nSPS) is 21.3. The highest BCUT2D eigenvalue weighted by Crippen LogP contribution is 2.37.